The number of likely N-dealkylation sites (tertiary alicyclic amines) is 1. The van der Waals surface area contributed by atoms with Crippen molar-refractivity contribution < 1.29 is 9.21 Å². The van der Waals surface area contributed by atoms with Gasteiger partial charge < -0.3 is 9.73 Å². The minimum Gasteiger partial charge on any atom is -0.451 e. The Kier molecular flexibility index (Phi) is 6.42. The van der Waals surface area contributed by atoms with Crippen LogP contribution in [0.4, 0.5) is 0 Å². The van der Waals surface area contributed by atoms with Crippen molar-refractivity contribution in [2.75, 3.05) is 19.6 Å². The number of nitrogens with one attached hydrogen (secondary N) is 1. The fourth-order valence-corrected chi connectivity index (χ4v) is 4.19. The molecule has 1 amide bonds. The number of carbonyl (C=O) groups excluding carboxylic acids is 1. The van der Waals surface area contributed by atoms with E-state index in [4.69, 9.17) is 27.6 Å². The Morgan fingerprint density at radius 3 is 2.43 bits per heavy atom. The lowest BCUT2D eigenvalue weighted by molar-refractivity contribution is 0.0897. The second-order valence-electron chi connectivity index (χ2n) is 7.49. The summed E-state index contributed by atoms with van der Waals surface area (Å²) in [7, 11) is 0. The molecule has 0 aliphatic carbocycles. The zero-order valence-electron chi connectivity index (χ0n) is 16.4. The van der Waals surface area contributed by atoms with Gasteiger partial charge in [-0.1, -0.05) is 41.8 Å². The molecule has 1 fully saturated rings. The number of hydrogen-bond acceptors (Lipinski definition) is 4. The highest BCUT2D eigenvalue weighted by atomic mass is 35.5. The monoisotopic (exact) mass is 444 g/mol. The van der Waals surface area contributed by atoms with Crippen LogP contribution in [0.2, 0.25) is 10.0 Å². The van der Waals surface area contributed by atoms with Crippen LogP contribution in [0.1, 0.15) is 41.4 Å². The maximum atomic E-state index is 12.8. The van der Waals surface area contributed by atoms with Gasteiger partial charge in [-0.25, -0.2) is 0 Å². The van der Waals surface area contributed by atoms with E-state index >= 15 is 0 Å². The van der Waals surface area contributed by atoms with Crippen molar-refractivity contribution in [2.45, 2.75) is 25.3 Å². The molecular formula is C23H22Cl2N2O3. The molecule has 1 aliphatic rings. The Labute approximate surface area is 184 Å². The van der Waals surface area contributed by atoms with Crippen molar-refractivity contribution >= 4 is 40.1 Å². The van der Waals surface area contributed by atoms with Gasteiger partial charge in [0.05, 0.1) is 11.4 Å². The van der Waals surface area contributed by atoms with E-state index < -0.39 is 5.91 Å². The number of piperidine rings is 1. The molecule has 1 saturated heterocycles. The van der Waals surface area contributed by atoms with Crippen LogP contribution in [-0.2, 0) is 0 Å². The molecule has 4 rings (SSSR count). The van der Waals surface area contributed by atoms with Crippen LogP contribution in [0.5, 0.6) is 0 Å². The predicted molar refractivity (Wildman–Crippen MR) is 119 cm³/mol. The fraction of sp³-hybridized carbons (Fsp3) is 0.304. The van der Waals surface area contributed by atoms with Gasteiger partial charge in [0.15, 0.2) is 11.2 Å². The summed E-state index contributed by atoms with van der Waals surface area (Å²) in [6.45, 7) is 2.37. The first-order chi connectivity index (χ1) is 14.5. The Morgan fingerprint density at radius 1 is 1.00 bits per heavy atom. The highest BCUT2D eigenvalue weighted by Crippen LogP contribution is 2.25. The van der Waals surface area contributed by atoms with Crippen LogP contribution in [0.3, 0.4) is 0 Å². The van der Waals surface area contributed by atoms with E-state index in [2.05, 4.69) is 10.2 Å². The van der Waals surface area contributed by atoms with Crippen LogP contribution in [0.25, 0.3) is 11.0 Å². The number of nitrogens with zero attached hydrogens (tertiary/aromatic N) is 1. The SMILES string of the molecule is O=C(NCC(c1ccc(Cl)cc1)N1CCCCC1)c1cc(=O)c2cc(Cl)ccc2o1. The minimum atomic E-state index is -0.417. The average molecular weight is 445 g/mol. The maximum absolute atomic E-state index is 12.8. The Hall–Kier alpha value is -2.34. The van der Waals surface area contributed by atoms with Gasteiger partial charge in [-0.05, 0) is 61.8 Å². The van der Waals surface area contributed by atoms with Crippen LogP contribution in [0, 0.1) is 0 Å². The first-order valence-electron chi connectivity index (χ1n) is 10.0. The van der Waals surface area contributed by atoms with Crippen molar-refractivity contribution in [3.8, 4) is 0 Å². The van der Waals surface area contributed by atoms with E-state index in [1.165, 1.54) is 18.6 Å². The van der Waals surface area contributed by atoms with Crippen molar-refractivity contribution in [2.24, 2.45) is 0 Å². The largest absolute Gasteiger partial charge is 0.451 e. The second-order valence-corrected chi connectivity index (χ2v) is 8.36. The number of benzene rings is 2. The van der Waals surface area contributed by atoms with Gasteiger partial charge in [0, 0.05) is 22.7 Å². The van der Waals surface area contributed by atoms with Crippen LogP contribution in [0.15, 0.2) is 57.7 Å². The summed E-state index contributed by atoms with van der Waals surface area (Å²) < 4.78 is 5.66. The Bertz CT molecular complexity index is 1110. The maximum Gasteiger partial charge on any atom is 0.287 e. The van der Waals surface area contributed by atoms with Gasteiger partial charge in [-0.3, -0.25) is 14.5 Å². The number of fused-ring (bicyclic) bond motifs is 1. The topological polar surface area (TPSA) is 62.6 Å². The van der Waals surface area contributed by atoms with E-state index in [9.17, 15) is 9.59 Å². The molecule has 1 aromatic heterocycles. The standard InChI is InChI=1S/C23H22Cl2N2O3/c24-16-6-4-15(5-7-16)19(27-10-2-1-3-11-27)14-26-23(29)22-13-20(28)18-12-17(25)8-9-21(18)30-22/h4-9,12-13,19H,1-3,10-11,14H2,(H,26,29). The molecule has 0 bridgehead atoms. The highest BCUT2D eigenvalue weighted by Gasteiger charge is 2.23. The van der Waals surface area contributed by atoms with E-state index in [1.807, 2.05) is 24.3 Å². The molecule has 0 saturated carbocycles. The molecule has 2 aromatic carbocycles. The highest BCUT2D eigenvalue weighted by molar-refractivity contribution is 6.31. The molecule has 156 valence electrons. The van der Waals surface area contributed by atoms with Crippen molar-refractivity contribution in [1.82, 2.24) is 10.2 Å². The summed E-state index contributed by atoms with van der Waals surface area (Å²) in [5.41, 5.74) is 1.13. The first kappa shape index (κ1) is 20.9. The van der Waals surface area contributed by atoms with Crippen LogP contribution < -0.4 is 10.7 Å². The third-order valence-electron chi connectivity index (χ3n) is 5.46. The predicted octanol–water partition coefficient (Wildman–Crippen LogP) is 5.06. The number of hydrogen-bond donors (Lipinski definition) is 1. The van der Waals surface area contributed by atoms with Gasteiger partial charge in [-0.2, -0.15) is 0 Å². The summed E-state index contributed by atoms with van der Waals surface area (Å²) >= 11 is 12.0. The van der Waals surface area contributed by atoms with Gasteiger partial charge in [0.1, 0.15) is 5.58 Å². The van der Waals surface area contributed by atoms with Crippen LogP contribution >= 0.6 is 23.2 Å². The van der Waals surface area contributed by atoms with Crippen LogP contribution in [-0.4, -0.2) is 30.4 Å². The van der Waals surface area contributed by atoms with E-state index in [-0.39, 0.29) is 17.2 Å². The van der Waals surface area contributed by atoms with Gasteiger partial charge in [0.2, 0.25) is 0 Å². The molecule has 1 unspecified atom stereocenters. The Morgan fingerprint density at radius 2 is 1.70 bits per heavy atom. The Balaban J connectivity index is 1.55. The van der Waals surface area contributed by atoms with E-state index in [0.717, 1.165) is 31.5 Å². The fourth-order valence-electron chi connectivity index (χ4n) is 3.89. The van der Waals surface area contributed by atoms with E-state index in [1.54, 1.807) is 12.1 Å². The van der Waals surface area contributed by atoms with E-state index in [0.29, 0.717) is 27.6 Å². The third-order valence-corrected chi connectivity index (χ3v) is 5.94. The summed E-state index contributed by atoms with van der Waals surface area (Å²) in [6, 6.07) is 13.7. The summed E-state index contributed by atoms with van der Waals surface area (Å²) in [4.78, 5) is 27.5. The smallest absolute Gasteiger partial charge is 0.287 e. The van der Waals surface area contributed by atoms with Crippen molar-refractivity contribution in [3.05, 3.63) is 80.1 Å². The molecule has 7 heteroatoms. The lowest BCUT2D eigenvalue weighted by atomic mass is 10.0. The molecule has 1 N–H and O–H groups in total. The number of rotatable bonds is 5. The summed E-state index contributed by atoms with van der Waals surface area (Å²) in [6.07, 6.45) is 3.50. The molecule has 3 aromatic rings. The van der Waals surface area contributed by atoms with Crippen molar-refractivity contribution in [3.63, 3.8) is 0 Å². The molecule has 5 nitrogen and oxygen atoms in total. The van der Waals surface area contributed by atoms with Gasteiger partial charge in [-0.15, -0.1) is 0 Å². The van der Waals surface area contributed by atoms with Crippen molar-refractivity contribution in [1.29, 1.82) is 0 Å². The summed E-state index contributed by atoms with van der Waals surface area (Å²) in [5.74, 6) is -0.428. The second kappa shape index (κ2) is 9.21. The molecule has 0 radical (unpaired) electrons. The molecule has 30 heavy (non-hydrogen) atoms. The normalized spacial score (nSPS) is 15.8. The summed E-state index contributed by atoms with van der Waals surface area (Å²) in [5, 5.41) is 4.42. The van der Waals surface area contributed by atoms with Gasteiger partial charge in [0.25, 0.3) is 5.91 Å². The zero-order chi connectivity index (χ0) is 21.1. The molecule has 0 spiro atoms. The molecule has 1 aliphatic heterocycles. The quantitative estimate of drug-likeness (QED) is 0.597. The lowest BCUT2D eigenvalue weighted by Crippen LogP contribution is -2.40. The molecular weight excluding hydrogens is 423 g/mol. The minimum absolute atomic E-state index is 0.0108. The number of carbonyl (C=O) groups is 1. The number of amides is 1. The molecule has 1 atom stereocenters. The molecule has 2 heterocycles. The lowest BCUT2D eigenvalue weighted by Gasteiger charge is -2.35. The number of halogens is 2. The van der Waals surface area contributed by atoms with Gasteiger partial charge >= 0.3 is 0 Å². The third kappa shape index (κ3) is 4.69. The average Bonchev–Trinajstić information content (AvgIpc) is 2.76. The zero-order valence-corrected chi connectivity index (χ0v) is 17.9. The first-order valence-corrected chi connectivity index (χ1v) is 10.8.